The number of benzene rings is 2. The lowest BCUT2D eigenvalue weighted by Gasteiger charge is -2.20. The molecule has 1 aromatic heterocycles. The van der Waals surface area contributed by atoms with Gasteiger partial charge in [0.1, 0.15) is 0 Å². The maximum atomic E-state index is 14.0. The highest BCUT2D eigenvalue weighted by Gasteiger charge is 2.38. The molecule has 0 aliphatic carbocycles. The summed E-state index contributed by atoms with van der Waals surface area (Å²) in [7, 11) is 1.91. The van der Waals surface area contributed by atoms with E-state index in [0.29, 0.717) is 33.5 Å². The summed E-state index contributed by atoms with van der Waals surface area (Å²) in [6.45, 7) is 1.04. The van der Waals surface area contributed by atoms with Gasteiger partial charge in [0.25, 0.3) is 0 Å². The van der Waals surface area contributed by atoms with Crippen molar-refractivity contribution in [1.82, 2.24) is 9.47 Å². The number of hydrogen-bond acceptors (Lipinski definition) is 6. The Morgan fingerprint density at radius 2 is 1.87 bits per heavy atom. The number of likely N-dealkylation sites (N-methyl/N-ethyl adjacent to an activating group) is 1. The summed E-state index contributed by atoms with van der Waals surface area (Å²) in [5, 5.41) is 19.8. The minimum atomic E-state index is -5.07. The second kappa shape index (κ2) is 9.94. The molecule has 6 nitrogen and oxygen atoms in total. The summed E-state index contributed by atoms with van der Waals surface area (Å²) >= 11 is 0.685. The summed E-state index contributed by atoms with van der Waals surface area (Å²) in [4.78, 5) is 14.6. The van der Waals surface area contributed by atoms with Gasteiger partial charge in [-0.2, -0.15) is 36.5 Å². The standard InChI is InChI=1S/C26H22F6N4O2S/c1-35-8-2-3-18(35)13-36-23(37)22(39-24(36)38)19(14-5-7-21-16(9-14)12-33-34-21)10-15-4-6-17(25(27,28)29)11-20(15)26(30,31)32/h4-7,9,11-12,18,37H,2-3,8,10,13H2,1H3/t18-/m0/s1. The second-order valence-electron chi connectivity index (χ2n) is 9.55. The van der Waals surface area contributed by atoms with Crippen LogP contribution in [-0.4, -0.2) is 40.4 Å². The first-order valence-corrected chi connectivity index (χ1v) is 12.8. The predicted octanol–water partition coefficient (Wildman–Crippen LogP) is 4.16. The van der Waals surface area contributed by atoms with E-state index in [4.69, 9.17) is 0 Å². The molecule has 1 saturated heterocycles. The van der Waals surface area contributed by atoms with Gasteiger partial charge >= 0.3 is 17.2 Å². The normalized spacial score (nSPS) is 18.4. The minimum Gasteiger partial charge on any atom is -0.493 e. The summed E-state index contributed by atoms with van der Waals surface area (Å²) in [6.07, 6.45) is -7.31. The highest BCUT2D eigenvalue weighted by molar-refractivity contribution is 7.10. The molecule has 0 radical (unpaired) electrons. The number of nitrogens with zero attached hydrogens (tertiary/aromatic N) is 4. The minimum absolute atomic E-state index is 0.00376. The molecule has 1 fully saturated rings. The molecule has 3 heterocycles. The molecule has 39 heavy (non-hydrogen) atoms. The van der Waals surface area contributed by atoms with E-state index in [1.54, 1.807) is 18.2 Å². The van der Waals surface area contributed by atoms with Crippen LogP contribution in [0.3, 0.4) is 0 Å². The van der Waals surface area contributed by atoms with Gasteiger partial charge in [-0.05, 0) is 67.1 Å². The van der Waals surface area contributed by atoms with Crippen molar-refractivity contribution in [2.75, 3.05) is 13.6 Å². The number of alkyl halides is 6. The van der Waals surface area contributed by atoms with Gasteiger partial charge in [-0.1, -0.05) is 23.5 Å². The van der Waals surface area contributed by atoms with Crippen LogP contribution in [0, 0.1) is 0 Å². The number of halogens is 6. The van der Waals surface area contributed by atoms with Gasteiger partial charge in [-0.25, -0.2) is 0 Å². The van der Waals surface area contributed by atoms with Gasteiger partial charge in [0.15, 0.2) is 0 Å². The predicted molar refractivity (Wildman–Crippen MR) is 133 cm³/mol. The van der Waals surface area contributed by atoms with E-state index in [2.05, 4.69) is 15.1 Å². The van der Waals surface area contributed by atoms with Gasteiger partial charge in [0.05, 0.1) is 27.6 Å². The molecule has 0 amide bonds. The molecule has 2 aliphatic rings. The average molecular weight is 569 g/mol. The number of aromatic nitrogens is 1. The van der Waals surface area contributed by atoms with E-state index in [-0.39, 0.29) is 35.0 Å². The lowest BCUT2D eigenvalue weighted by molar-refractivity contribution is -0.143. The van der Waals surface area contributed by atoms with Crippen LogP contribution in [0.25, 0.3) is 5.57 Å². The van der Waals surface area contributed by atoms with Crippen molar-refractivity contribution in [1.29, 1.82) is 0 Å². The number of thiazole rings is 1. The van der Waals surface area contributed by atoms with Crippen LogP contribution in [0.5, 0.6) is 5.88 Å². The Morgan fingerprint density at radius 3 is 2.54 bits per heavy atom. The molecule has 1 atom stereocenters. The molecule has 0 bridgehead atoms. The maximum Gasteiger partial charge on any atom is 0.416 e. The lowest BCUT2D eigenvalue weighted by atomic mass is 9.94. The highest BCUT2D eigenvalue weighted by Crippen LogP contribution is 2.39. The first-order valence-electron chi connectivity index (χ1n) is 12.0. The maximum absolute atomic E-state index is 14.0. The van der Waals surface area contributed by atoms with Crippen LogP contribution in [0.2, 0.25) is 0 Å². The van der Waals surface area contributed by atoms with Crippen molar-refractivity contribution in [2.45, 2.75) is 44.2 Å². The number of fused-ring (bicyclic) bond motifs is 1. The van der Waals surface area contributed by atoms with E-state index < -0.39 is 40.3 Å². The Labute approximate surface area is 221 Å². The van der Waals surface area contributed by atoms with Crippen molar-refractivity contribution >= 4 is 23.1 Å². The second-order valence-corrected chi connectivity index (χ2v) is 10.5. The third-order valence-electron chi connectivity index (χ3n) is 7.06. The molecule has 13 heteroatoms. The zero-order valence-corrected chi connectivity index (χ0v) is 21.3. The van der Waals surface area contributed by atoms with E-state index in [9.17, 15) is 36.2 Å². The SMILES string of the molecule is CN1CCC[C@H]1Cn1c(O)c(C(Cc2ccc(C(F)(F)F)cc2C(F)(F)F)=c2ccc3c(c2)C=NN=3)sc1=O. The van der Waals surface area contributed by atoms with Crippen LogP contribution >= 0.6 is 11.3 Å². The zero-order valence-electron chi connectivity index (χ0n) is 20.5. The van der Waals surface area contributed by atoms with Crippen molar-refractivity contribution in [3.63, 3.8) is 0 Å². The molecule has 0 spiro atoms. The Morgan fingerprint density at radius 1 is 1.10 bits per heavy atom. The first kappa shape index (κ1) is 27.1. The van der Waals surface area contributed by atoms with Crippen LogP contribution in [0.4, 0.5) is 26.3 Å². The fraction of sp³-hybridized carbons (Fsp3) is 0.346. The molecular weight excluding hydrogens is 546 g/mol. The molecule has 5 rings (SSSR count). The Hall–Kier alpha value is -3.45. The molecule has 0 unspecified atom stereocenters. The van der Waals surface area contributed by atoms with Crippen LogP contribution in [-0.2, 0) is 25.3 Å². The van der Waals surface area contributed by atoms with Crippen molar-refractivity contribution in [3.8, 4) is 5.88 Å². The summed E-state index contributed by atoms with van der Waals surface area (Å²) in [5.41, 5.74) is -2.54. The third-order valence-corrected chi connectivity index (χ3v) is 8.08. The fourth-order valence-electron chi connectivity index (χ4n) is 4.94. The Kier molecular flexibility index (Phi) is 6.91. The smallest absolute Gasteiger partial charge is 0.416 e. The molecule has 2 aromatic carbocycles. The van der Waals surface area contributed by atoms with Crippen LogP contribution in [0.1, 0.15) is 40.0 Å². The van der Waals surface area contributed by atoms with Gasteiger partial charge in [-0.15, -0.1) is 0 Å². The van der Waals surface area contributed by atoms with E-state index in [0.717, 1.165) is 25.5 Å². The molecule has 206 valence electrons. The van der Waals surface area contributed by atoms with Crippen molar-refractivity contribution < 1.29 is 31.4 Å². The van der Waals surface area contributed by atoms with E-state index in [1.165, 1.54) is 10.8 Å². The monoisotopic (exact) mass is 568 g/mol. The van der Waals surface area contributed by atoms with Gasteiger partial charge in [-0.3, -0.25) is 9.36 Å². The van der Waals surface area contributed by atoms with Gasteiger partial charge in [0.2, 0.25) is 5.88 Å². The van der Waals surface area contributed by atoms with E-state index >= 15 is 0 Å². The topological polar surface area (TPSA) is 70.2 Å². The van der Waals surface area contributed by atoms with Crippen LogP contribution < -0.4 is 15.4 Å². The fourth-order valence-corrected chi connectivity index (χ4v) is 5.90. The van der Waals surface area contributed by atoms with E-state index in [1.807, 2.05) is 7.05 Å². The number of likely N-dealkylation sites (tertiary alicyclic amines) is 1. The van der Waals surface area contributed by atoms with Gasteiger partial charge in [0, 0.05) is 24.6 Å². The number of aromatic hydroxyl groups is 1. The molecule has 1 N–H and O–H groups in total. The summed E-state index contributed by atoms with van der Waals surface area (Å²) in [6, 6.07) is 6.26. The quantitative estimate of drug-likeness (QED) is 0.471. The number of hydrogen-bond donors (Lipinski definition) is 1. The number of rotatable bonds is 5. The summed E-state index contributed by atoms with van der Waals surface area (Å²) in [5.74, 6) is -0.389. The van der Waals surface area contributed by atoms with Gasteiger partial charge < -0.3 is 10.0 Å². The zero-order chi connectivity index (χ0) is 28.1. The first-order chi connectivity index (χ1) is 18.3. The molecule has 0 saturated carbocycles. The van der Waals surface area contributed by atoms with Crippen molar-refractivity contribution in [3.05, 3.63) is 83.8 Å². The molecule has 2 aliphatic heterocycles. The molecular formula is C26H22F6N4O2S. The molecule has 3 aromatic rings. The van der Waals surface area contributed by atoms with Crippen molar-refractivity contribution in [2.24, 2.45) is 10.2 Å². The third kappa shape index (κ3) is 5.37. The lowest BCUT2D eigenvalue weighted by Crippen LogP contribution is -2.31. The van der Waals surface area contributed by atoms with Crippen LogP contribution in [0.15, 0.2) is 51.4 Å². The highest BCUT2D eigenvalue weighted by atomic mass is 32.1. The largest absolute Gasteiger partial charge is 0.493 e. The average Bonchev–Trinajstić information content (AvgIpc) is 3.57. The Bertz CT molecular complexity index is 1640. The summed E-state index contributed by atoms with van der Waals surface area (Å²) < 4.78 is 82.8. The Balaban J connectivity index is 1.68.